The van der Waals surface area contributed by atoms with Gasteiger partial charge in [-0.2, -0.15) is 5.10 Å². The summed E-state index contributed by atoms with van der Waals surface area (Å²) in [5, 5.41) is 4.28. The van der Waals surface area contributed by atoms with Gasteiger partial charge in [-0.3, -0.25) is 4.79 Å². The summed E-state index contributed by atoms with van der Waals surface area (Å²) >= 11 is 0. The summed E-state index contributed by atoms with van der Waals surface area (Å²) in [6, 6.07) is 0. The quantitative estimate of drug-likeness (QED) is 0.708. The molecule has 15 heavy (non-hydrogen) atoms. The van der Waals surface area contributed by atoms with Crippen LogP contribution < -0.4 is 11.3 Å². The Labute approximate surface area is 86.1 Å². The molecular weight excluding hydrogens is 194 g/mol. The summed E-state index contributed by atoms with van der Waals surface area (Å²) in [5.74, 6) is 1.39. The number of aryl methyl sites for hydroxylation is 1. The third-order valence-electron chi connectivity index (χ3n) is 2.22. The molecule has 2 aromatic heterocycles. The van der Waals surface area contributed by atoms with E-state index in [1.165, 1.54) is 6.20 Å². The van der Waals surface area contributed by atoms with Gasteiger partial charge in [0.05, 0.1) is 6.20 Å². The van der Waals surface area contributed by atoms with Gasteiger partial charge >= 0.3 is 0 Å². The topological polar surface area (TPSA) is 89.1 Å². The number of aromatic amines is 1. The fourth-order valence-electron chi connectivity index (χ4n) is 1.45. The smallest absolute Gasteiger partial charge is 0.276 e. The van der Waals surface area contributed by atoms with Crippen molar-refractivity contribution in [3.63, 3.8) is 0 Å². The Morgan fingerprint density at radius 3 is 3.07 bits per heavy atom. The Morgan fingerprint density at radius 1 is 1.60 bits per heavy atom. The Kier molecular flexibility index (Phi) is 2.51. The molecule has 0 saturated heterocycles. The average molecular weight is 207 g/mol. The SMILES string of the molecule is CCc1nn2c(CCN)ncc2c(=O)[nH]1. The van der Waals surface area contributed by atoms with Crippen LogP contribution in [0.15, 0.2) is 11.0 Å². The predicted octanol–water partition coefficient (Wildman–Crippen LogP) is -0.519. The molecule has 0 aliphatic carbocycles. The zero-order valence-corrected chi connectivity index (χ0v) is 8.53. The lowest BCUT2D eigenvalue weighted by molar-refractivity contribution is 0.740. The van der Waals surface area contributed by atoms with Gasteiger partial charge in [0, 0.05) is 12.8 Å². The van der Waals surface area contributed by atoms with Crippen molar-refractivity contribution in [2.24, 2.45) is 5.73 Å². The van der Waals surface area contributed by atoms with E-state index in [0.717, 1.165) is 5.82 Å². The molecular formula is C9H13N5O. The van der Waals surface area contributed by atoms with Gasteiger partial charge in [-0.1, -0.05) is 6.92 Å². The van der Waals surface area contributed by atoms with Crippen LogP contribution in [0.3, 0.4) is 0 Å². The van der Waals surface area contributed by atoms with Gasteiger partial charge in [0.15, 0.2) is 5.52 Å². The van der Waals surface area contributed by atoms with Gasteiger partial charge < -0.3 is 10.7 Å². The molecule has 0 saturated carbocycles. The first kappa shape index (κ1) is 9.85. The molecule has 0 unspecified atom stereocenters. The molecule has 0 fully saturated rings. The summed E-state index contributed by atoms with van der Waals surface area (Å²) in [6.45, 7) is 2.43. The molecule has 6 heteroatoms. The van der Waals surface area contributed by atoms with Crippen LogP contribution in [0.2, 0.25) is 0 Å². The molecule has 0 amide bonds. The molecule has 0 radical (unpaired) electrons. The van der Waals surface area contributed by atoms with E-state index in [1.54, 1.807) is 4.52 Å². The maximum absolute atomic E-state index is 11.6. The van der Waals surface area contributed by atoms with Crippen molar-refractivity contribution in [2.45, 2.75) is 19.8 Å². The van der Waals surface area contributed by atoms with Crippen LogP contribution >= 0.6 is 0 Å². The second-order valence-corrected chi connectivity index (χ2v) is 3.26. The molecule has 0 aliphatic rings. The zero-order valence-electron chi connectivity index (χ0n) is 8.53. The summed E-state index contributed by atoms with van der Waals surface area (Å²) in [5.41, 5.74) is 5.77. The number of hydrogen-bond acceptors (Lipinski definition) is 4. The van der Waals surface area contributed by atoms with Crippen LogP contribution in [-0.2, 0) is 12.8 Å². The lowest BCUT2D eigenvalue weighted by atomic mass is 10.4. The second-order valence-electron chi connectivity index (χ2n) is 3.26. The van der Waals surface area contributed by atoms with Crippen molar-refractivity contribution < 1.29 is 0 Å². The Bertz CT molecular complexity index is 527. The second kappa shape index (κ2) is 3.82. The van der Waals surface area contributed by atoms with Crippen LogP contribution in [-0.4, -0.2) is 26.1 Å². The van der Waals surface area contributed by atoms with Crippen molar-refractivity contribution >= 4 is 5.52 Å². The minimum atomic E-state index is -0.155. The molecule has 2 rings (SSSR count). The monoisotopic (exact) mass is 207 g/mol. The third-order valence-corrected chi connectivity index (χ3v) is 2.22. The summed E-state index contributed by atoms with van der Waals surface area (Å²) < 4.78 is 1.57. The number of imidazole rings is 1. The zero-order chi connectivity index (χ0) is 10.8. The van der Waals surface area contributed by atoms with E-state index in [2.05, 4.69) is 15.1 Å². The summed E-state index contributed by atoms with van der Waals surface area (Å²) in [6.07, 6.45) is 2.83. The molecule has 0 atom stereocenters. The first-order valence-electron chi connectivity index (χ1n) is 4.92. The van der Waals surface area contributed by atoms with Crippen molar-refractivity contribution in [1.29, 1.82) is 0 Å². The number of fused-ring (bicyclic) bond motifs is 1. The van der Waals surface area contributed by atoms with Crippen molar-refractivity contribution in [2.75, 3.05) is 6.54 Å². The van der Waals surface area contributed by atoms with Crippen molar-refractivity contribution in [1.82, 2.24) is 19.6 Å². The Balaban J connectivity index is 2.67. The van der Waals surface area contributed by atoms with E-state index in [4.69, 9.17) is 5.73 Å². The van der Waals surface area contributed by atoms with Crippen LogP contribution in [0.25, 0.3) is 5.52 Å². The number of aromatic nitrogens is 4. The number of nitrogens with two attached hydrogens (primary N) is 1. The van der Waals surface area contributed by atoms with E-state index >= 15 is 0 Å². The van der Waals surface area contributed by atoms with Gasteiger partial charge in [-0.15, -0.1) is 0 Å². The molecule has 80 valence electrons. The minimum absolute atomic E-state index is 0.155. The first-order chi connectivity index (χ1) is 7.26. The lowest BCUT2D eigenvalue weighted by Gasteiger charge is -2.00. The molecule has 0 aromatic carbocycles. The normalized spacial score (nSPS) is 11.1. The average Bonchev–Trinajstić information content (AvgIpc) is 2.63. The van der Waals surface area contributed by atoms with E-state index < -0.39 is 0 Å². The van der Waals surface area contributed by atoms with Crippen LogP contribution in [0.5, 0.6) is 0 Å². The van der Waals surface area contributed by atoms with Crippen LogP contribution in [0.1, 0.15) is 18.6 Å². The van der Waals surface area contributed by atoms with Crippen molar-refractivity contribution in [3.8, 4) is 0 Å². The fourth-order valence-corrected chi connectivity index (χ4v) is 1.45. The van der Waals surface area contributed by atoms with E-state index in [9.17, 15) is 4.79 Å². The summed E-state index contributed by atoms with van der Waals surface area (Å²) in [4.78, 5) is 18.4. The van der Waals surface area contributed by atoms with Gasteiger partial charge in [0.25, 0.3) is 5.56 Å². The highest BCUT2D eigenvalue weighted by atomic mass is 16.1. The number of nitrogens with one attached hydrogen (secondary N) is 1. The number of nitrogens with zero attached hydrogens (tertiary/aromatic N) is 3. The Morgan fingerprint density at radius 2 is 2.40 bits per heavy atom. The standard InChI is InChI=1S/C9H13N5O/c1-2-7-12-9(15)6-5-11-8(3-4-10)14(6)13-7/h5H,2-4,10H2,1H3,(H,12,13,15). The molecule has 2 aromatic rings. The molecule has 6 nitrogen and oxygen atoms in total. The summed E-state index contributed by atoms with van der Waals surface area (Å²) in [7, 11) is 0. The van der Waals surface area contributed by atoms with Gasteiger partial charge in [0.1, 0.15) is 11.6 Å². The van der Waals surface area contributed by atoms with Crippen LogP contribution in [0, 0.1) is 0 Å². The maximum atomic E-state index is 11.6. The first-order valence-corrected chi connectivity index (χ1v) is 4.92. The lowest BCUT2D eigenvalue weighted by Crippen LogP contribution is -2.17. The van der Waals surface area contributed by atoms with E-state index in [0.29, 0.717) is 30.7 Å². The minimum Gasteiger partial charge on any atom is -0.330 e. The molecule has 2 heterocycles. The van der Waals surface area contributed by atoms with Gasteiger partial charge in [-0.25, -0.2) is 9.50 Å². The number of H-pyrrole nitrogens is 1. The predicted molar refractivity (Wildman–Crippen MR) is 55.7 cm³/mol. The van der Waals surface area contributed by atoms with Crippen molar-refractivity contribution in [3.05, 3.63) is 28.2 Å². The van der Waals surface area contributed by atoms with E-state index in [-0.39, 0.29) is 5.56 Å². The third kappa shape index (κ3) is 1.63. The highest BCUT2D eigenvalue weighted by Crippen LogP contribution is 2.00. The Hall–Kier alpha value is -1.69. The van der Waals surface area contributed by atoms with E-state index in [1.807, 2.05) is 6.92 Å². The maximum Gasteiger partial charge on any atom is 0.276 e. The molecule has 0 bridgehead atoms. The number of rotatable bonds is 3. The van der Waals surface area contributed by atoms with Gasteiger partial charge in [0.2, 0.25) is 0 Å². The molecule has 0 spiro atoms. The highest BCUT2D eigenvalue weighted by molar-refractivity contribution is 5.41. The number of hydrogen-bond donors (Lipinski definition) is 2. The molecule has 3 N–H and O–H groups in total. The largest absolute Gasteiger partial charge is 0.330 e. The fraction of sp³-hybridized carbons (Fsp3) is 0.444. The van der Waals surface area contributed by atoms with Crippen LogP contribution in [0.4, 0.5) is 0 Å². The molecule has 0 aliphatic heterocycles. The van der Waals surface area contributed by atoms with Gasteiger partial charge in [-0.05, 0) is 6.54 Å². The highest BCUT2D eigenvalue weighted by Gasteiger charge is 2.08.